The average Bonchev–Trinajstić information content (AvgIpc) is 3.12. The number of amides is 2. The minimum Gasteiger partial charge on any atom is -0.508 e. The van der Waals surface area contributed by atoms with Crippen molar-refractivity contribution in [3.63, 3.8) is 0 Å². The Bertz CT molecular complexity index is 754. The van der Waals surface area contributed by atoms with Crippen LogP contribution in [0.2, 0.25) is 0 Å². The Labute approximate surface area is 162 Å². The predicted molar refractivity (Wildman–Crippen MR) is 109 cm³/mol. The van der Waals surface area contributed by atoms with Crippen LogP contribution in [-0.4, -0.2) is 48.3 Å². The summed E-state index contributed by atoms with van der Waals surface area (Å²) in [7, 11) is 4.15. The zero-order valence-electron chi connectivity index (χ0n) is 16.6. The van der Waals surface area contributed by atoms with Crippen molar-refractivity contribution in [2.45, 2.75) is 50.6 Å². The number of carbonyl (C=O) groups is 1. The first kappa shape index (κ1) is 19.5. The predicted octanol–water partition coefficient (Wildman–Crippen LogP) is 3.15. The molecule has 0 fully saturated rings. The second kappa shape index (κ2) is 8.17. The fourth-order valence-electron chi connectivity index (χ4n) is 4.10. The summed E-state index contributed by atoms with van der Waals surface area (Å²) in [5.41, 5.74) is 3.65. The van der Waals surface area contributed by atoms with Gasteiger partial charge in [0.1, 0.15) is 5.75 Å². The smallest absolute Gasteiger partial charge is 0.315 e. The Kier molecular flexibility index (Phi) is 5.90. The SMILES string of the molecule is CC(CC1=CCC=C1)NC(=O)NCC1(N(C)C)CCc2cc(O)ccc2C1. The molecule has 0 bridgehead atoms. The molecule has 2 aliphatic carbocycles. The van der Waals surface area contributed by atoms with Gasteiger partial charge in [0, 0.05) is 18.1 Å². The van der Waals surface area contributed by atoms with Gasteiger partial charge in [-0.15, -0.1) is 0 Å². The number of allylic oxidation sites excluding steroid dienone is 3. The summed E-state index contributed by atoms with van der Waals surface area (Å²) in [6, 6.07) is 5.61. The van der Waals surface area contributed by atoms with E-state index in [1.54, 1.807) is 6.07 Å². The third-order valence-electron chi connectivity index (χ3n) is 5.86. The number of nitrogens with one attached hydrogen (secondary N) is 2. The first-order valence-electron chi connectivity index (χ1n) is 9.76. The quantitative estimate of drug-likeness (QED) is 0.722. The minimum absolute atomic E-state index is 0.101. The van der Waals surface area contributed by atoms with Gasteiger partial charge in [-0.25, -0.2) is 4.79 Å². The van der Waals surface area contributed by atoms with Crippen molar-refractivity contribution in [3.8, 4) is 5.75 Å². The Balaban J connectivity index is 1.57. The number of phenols is 1. The van der Waals surface area contributed by atoms with E-state index in [-0.39, 0.29) is 17.6 Å². The normalized spacial score (nSPS) is 22.3. The molecule has 146 valence electrons. The highest BCUT2D eigenvalue weighted by molar-refractivity contribution is 5.74. The summed E-state index contributed by atoms with van der Waals surface area (Å²) < 4.78 is 0. The van der Waals surface area contributed by atoms with Gasteiger partial charge >= 0.3 is 6.03 Å². The minimum atomic E-state index is -0.110. The van der Waals surface area contributed by atoms with Crippen LogP contribution in [-0.2, 0) is 12.8 Å². The summed E-state index contributed by atoms with van der Waals surface area (Å²) >= 11 is 0. The summed E-state index contributed by atoms with van der Waals surface area (Å²) in [5.74, 6) is 0.324. The van der Waals surface area contributed by atoms with Gasteiger partial charge in [-0.2, -0.15) is 0 Å². The fraction of sp³-hybridized carbons (Fsp3) is 0.500. The Morgan fingerprint density at radius 2 is 2.15 bits per heavy atom. The number of hydrogen-bond acceptors (Lipinski definition) is 3. The van der Waals surface area contributed by atoms with Gasteiger partial charge in [0.2, 0.25) is 0 Å². The van der Waals surface area contributed by atoms with Crippen molar-refractivity contribution in [1.29, 1.82) is 0 Å². The lowest BCUT2D eigenvalue weighted by atomic mass is 9.77. The van der Waals surface area contributed by atoms with E-state index < -0.39 is 0 Å². The zero-order valence-corrected chi connectivity index (χ0v) is 16.6. The van der Waals surface area contributed by atoms with Gasteiger partial charge in [0.05, 0.1) is 0 Å². The van der Waals surface area contributed by atoms with Crippen LogP contribution in [0.25, 0.3) is 0 Å². The number of nitrogens with zero attached hydrogens (tertiary/aromatic N) is 1. The summed E-state index contributed by atoms with van der Waals surface area (Å²) in [5, 5.41) is 15.9. The number of benzene rings is 1. The molecule has 0 heterocycles. The highest BCUT2D eigenvalue weighted by Gasteiger charge is 2.37. The molecule has 0 radical (unpaired) electrons. The Morgan fingerprint density at radius 1 is 1.33 bits per heavy atom. The summed E-state index contributed by atoms with van der Waals surface area (Å²) in [6.07, 6.45) is 11.1. The summed E-state index contributed by atoms with van der Waals surface area (Å²) in [4.78, 5) is 14.6. The molecule has 3 rings (SSSR count). The summed E-state index contributed by atoms with van der Waals surface area (Å²) in [6.45, 7) is 2.64. The number of aryl methyl sites for hydroxylation is 1. The van der Waals surface area contributed by atoms with Gasteiger partial charge < -0.3 is 20.6 Å². The molecule has 2 aliphatic rings. The molecule has 5 heteroatoms. The van der Waals surface area contributed by atoms with Crippen LogP contribution in [0, 0.1) is 0 Å². The molecule has 1 aromatic rings. The van der Waals surface area contributed by atoms with Crippen LogP contribution in [0.4, 0.5) is 4.79 Å². The fourth-order valence-corrected chi connectivity index (χ4v) is 4.10. The number of urea groups is 1. The second-order valence-corrected chi connectivity index (χ2v) is 8.10. The van der Waals surface area contributed by atoms with Gasteiger partial charge in [-0.05, 0) is 82.0 Å². The number of rotatable bonds is 6. The number of likely N-dealkylation sites (N-methyl/N-ethyl adjacent to an activating group) is 1. The molecule has 27 heavy (non-hydrogen) atoms. The molecular weight excluding hydrogens is 338 g/mol. The van der Waals surface area contributed by atoms with Crippen LogP contribution < -0.4 is 10.6 Å². The van der Waals surface area contributed by atoms with Gasteiger partial charge in [0.15, 0.2) is 0 Å². The highest BCUT2D eigenvalue weighted by atomic mass is 16.3. The van der Waals surface area contributed by atoms with Crippen molar-refractivity contribution in [1.82, 2.24) is 15.5 Å². The van der Waals surface area contributed by atoms with E-state index in [0.717, 1.165) is 32.1 Å². The third-order valence-corrected chi connectivity index (χ3v) is 5.86. The number of phenolic OH excluding ortho intramolecular Hbond substituents is 1. The lowest BCUT2D eigenvalue weighted by Gasteiger charge is -2.43. The average molecular weight is 370 g/mol. The molecule has 0 saturated carbocycles. The van der Waals surface area contributed by atoms with Crippen LogP contribution in [0.15, 0.2) is 42.0 Å². The topological polar surface area (TPSA) is 64.6 Å². The van der Waals surface area contributed by atoms with Crippen LogP contribution in [0.1, 0.15) is 37.3 Å². The molecule has 0 aromatic heterocycles. The number of fused-ring (bicyclic) bond motifs is 1. The second-order valence-electron chi connectivity index (χ2n) is 8.10. The molecule has 3 N–H and O–H groups in total. The van der Waals surface area contributed by atoms with Crippen molar-refractivity contribution >= 4 is 6.03 Å². The lowest BCUT2D eigenvalue weighted by molar-refractivity contribution is 0.129. The molecule has 2 atom stereocenters. The number of aromatic hydroxyl groups is 1. The van der Waals surface area contributed by atoms with Gasteiger partial charge in [-0.1, -0.05) is 24.3 Å². The van der Waals surface area contributed by atoms with E-state index in [1.807, 2.05) is 19.1 Å². The number of hydrogen-bond donors (Lipinski definition) is 3. The molecular formula is C22H31N3O2. The van der Waals surface area contributed by atoms with Crippen LogP contribution >= 0.6 is 0 Å². The zero-order chi connectivity index (χ0) is 19.4. The van der Waals surface area contributed by atoms with E-state index in [1.165, 1.54) is 16.7 Å². The molecule has 2 unspecified atom stereocenters. The molecule has 2 amide bonds. The Hall–Kier alpha value is -2.27. The molecule has 1 aromatic carbocycles. The van der Waals surface area contributed by atoms with Crippen LogP contribution in [0.5, 0.6) is 5.75 Å². The molecule has 0 spiro atoms. The van der Waals surface area contributed by atoms with E-state index in [9.17, 15) is 9.90 Å². The van der Waals surface area contributed by atoms with Crippen LogP contribution in [0.3, 0.4) is 0 Å². The Morgan fingerprint density at radius 3 is 2.85 bits per heavy atom. The number of carbonyl (C=O) groups excluding carboxylic acids is 1. The van der Waals surface area contributed by atoms with Crippen molar-refractivity contribution in [3.05, 3.63) is 53.1 Å². The highest BCUT2D eigenvalue weighted by Crippen LogP contribution is 2.33. The first-order valence-corrected chi connectivity index (χ1v) is 9.76. The maximum Gasteiger partial charge on any atom is 0.315 e. The van der Waals surface area contributed by atoms with E-state index in [0.29, 0.717) is 12.3 Å². The van der Waals surface area contributed by atoms with Crippen molar-refractivity contribution in [2.24, 2.45) is 0 Å². The first-order chi connectivity index (χ1) is 12.9. The standard InChI is InChI=1S/C22H31N3O2/c1-16(12-17-6-4-5-7-17)24-21(27)23-15-22(25(2)3)11-10-18-13-20(26)9-8-19(18)14-22/h4,6-9,13,16,26H,5,10-12,14-15H2,1-3H3,(H2,23,24,27). The van der Waals surface area contributed by atoms with Gasteiger partial charge in [-0.3, -0.25) is 0 Å². The maximum atomic E-state index is 12.4. The maximum absolute atomic E-state index is 12.4. The van der Waals surface area contributed by atoms with Gasteiger partial charge in [0.25, 0.3) is 0 Å². The lowest BCUT2D eigenvalue weighted by Crippen LogP contribution is -2.57. The van der Waals surface area contributed by atoms with Crippen molar-refractivity contribution < 1.29 is 9.90 Å². The van der Waals surface area contributed by atoms with E-state index in [4.69, 9.17) is 0 Å². The third kappa shape index (κ3) is 4.72. The molecule has 0 saturated heterocycles. The van der Waals surface area contributed by atoms with Crippen molar-refractivity contribution in [2.75, 3.05) is 20.6 Å². The molecule has 5 nitrogen and oxygen atoms in total. The van der Waals surface area contributed by atoms with E-state index in [2.05, 4.69) is 47.9 Å². The largest absolute Gasteiger partial charge is 0.508 e. The monoisotopic (exact) mass is 369 g/mol. The molecule has 0 aliphatic heterocycles. The van der Waals surface area contributed by atoms with E-state index >= 15 is 0 Å².